The SMILES string of the molecule is c1ccc(-c2cc(-c3ccccc3)cc(-c3ccc4c(c3)-c3cc(-c5cccc6oc7ccccc7c56)ccc3CSC4)c2)cc1. The van der Waals surface area contributed by atoms with E-state index in [2.05, 4.69) is 152 Å². The van der Waals surface area contributed by atoms with E-state index >= 15 is 0 Å². The first-order valence-electron chi connectivity index (χ1n) is 15.8. The van der Waals surface area contributed by atoms with Crippen molar-refractivity contribution in [2.75, 3.05) is 0 Å². The molecule has 46 heavy (non-hydrogen) atoms. The van der Waals surface area contributed by atoms with Crippen LogP contribution < -0.4 is 0 Å². The van der Waals surface area contributed by atoms with Crippen molar-refractivity contribution in [2.24, 2.45) is 0 Å². The van der Waals surface area contributed by atoms with Crippen LogP contribution in [-0.2, 0) is 11.5 Å². The Hall–Kier alpha value is -5.31. The number of furan rings is 1. The molecule has 2 heterocycles. The number of thioether (sulfide) groups is 1. The predicted molar refractivity (Wildman–Crippen MR) is 196 cm³/mol. The third kappa shape index (κ3) is 4.74. The summed E-state index contributed by atoms with van der Waals surface area (Å²) in [5.41, 5.74) is 17.1. The second kappa shape index (κ2) is 11.2. The van der Waals surface area contributed by atoms with Gasteiger partial charge in [-0.15, -0.1) is 0 Å². The second-order valence-electron chi connectivity index (χ2n) is 12.0. The van der Waals surface area contributed by atoms with Gasteiger partial charge in [-0.1, -0.05) is 115 Å². The van der Waals surface area contributed by atoms with Gasteiger partial charge in [0, 0.05) is 22.3 Å². The van der Waals surface area contributed by atoms with E-state index in [4.69, 9.17) is 4.42 Å². The van der Waals surface area contributed by atoms with Crippen molar-refractivity contribution in [3.05, 3.63) is 169 Å². The van der Waals surface area contributed by atoms with Gasteiger partial charge in [-0.2, -0.15) is 11.8 Å². The Labute approximate surface area is 273 Å². The van der Waals surface area contributed by atoms with Crippen LogP contribution >= 0.6 is 11.8 Å². The summed E-state index contributed by atoms with van der Waals surface area (Å²) in [6, 6.07) is 57.3. The van der Waals surface area contributed by atoms with Gasteiger partial charge >= 0.3 is 0 Å². The topological polar surface area (TPSA) is 13.1 Å². The number of hydrogen-bond acceptors (Lipinski definition) is 2. The fourth-order valence-electron chi connectivity index (χ4n) is 6.93. The van der Waals surface area contributed by atoms with Crippen LogP contribution in [0, 0.1) is 0 Å². The Morgan fingerprint density at radius 3 is 1.59 bits per heavy atom. The fraction of sp³-hybridized carbons (Fsp3) is 0.0455. The maximum absolute atomic E-state index is 6.25. The number of fused-ring (bicyclic) bond motifs is 6. The van der Waals surface area contributed by atoms with E-state index in [1.165, 1.54) is 72.1 Å². The molecule has 1 aliphatic rings. The Kier molecular flexibility index (Phi) is 6.61. The van der Waals surface area contributed by atoms with Gasteiger partial charge in [0.05, 0.1) is 0 Å². The Morgan fingerprint density at radius 2 is 0.913 bits per heavy atom. The van der Waals surface area contributed by atoms with E-state index < -0.39 is 0 Å². The molecule has 0 spiro atoms. The van der Waals surface area contributed by atoms with Gasteiger partial charge in [-0.05, 0) is 109 Å². The summed E-state index contributed by atoms with van der Waals surface area (Å²) in [5, 5.41) is 2.34. The van der Waals surface area contributed by atoms with Crippen LogP contribution in [0.2, 0.25) is 0 Å². The van der Waals surface area contributed by atoms with Gasteiger partial charge < -0.3 is 4.42 Å². The molecule has 0 bridgehead atoms. The van der Waals surface area contributed by atoms with Crippen LogP contribution in [0.3, 0.4) is 0 Å². The van der Waals surface area contributed by atoms with Crippen LogP contribution in [-0.4, -0.2) is 0 Å². The molecule has 218 valence electrons. The Balaban J connectivity index is 1.21. The first-order chi connectivity index (χ1) is 22.8. The molecule has 0 amide bonds. The molecule has 8 aromatic rings. The average Bonchev–Trinajstić information content (AvgIpc) is 3.41. The number of para-hydroxylation sites is 1. The van der Waals surface area contributed by atoms with Gasteiger partial charge in [0.2, 0.25) is 0 Å². The average molecular weight is 607 g/mol. The zero-order chi connectivity index (χ0) is 30.5. The molecule has 1 aromatic heterocycles. The zero-order valence-corrected chi connectivity index (χ0v) is 26.1. The molecule has 0 radical (unpaired) electrons. The Bertz CT molecular complexity index is 2330. The quantitative estimate of drug-likeness (QED) is 0.198. The monoisotopic (exact) mass is 606 g/mol. The molecule has 0 saturated heterocycles. The maximum Gasteiger partial charge on any atom is 0.136 e. The predicted octanol–water partition coefficient (Wildman–Crippen LogP) is 12.7. The third-order valence-corrected chi connectivity index (χ3v) is 10.2. The molecule has 7 aromatic carbocycles. The minimum Gasteiger partial charge on any atom is -0.456 e. The summed E-state index contributed by atoms with van der Waals surface area (Å²) < 4.78 is 6.25. The highest BCUT2D eigenvalue weighted by Gasteiger charge is 2.19. The van der Waals surface area contributed by atoms with Gasteiger partial charge in [-0.3, -0.25) is 0 Å². The Morgan fingerprint density at radius 1 is 0.370 bits per heavy atom. The largest absolute Gasteiger partial charge is 0.456 e. The first-order valence-corrected chi connectivity index (χ1v) is 16.9. The van der Waals surface area contributed by atoms with E-state index in [9.17, 15) is 0 Å². The van der Waals surface area contributed by atoms with Crippen LogP contribution in [0.25, 0.3) is 77.6 Å². The summed E-state index contributed by atoms with van der Waals surface area (Å²) in [6.07, 6.45) is 0. The molecule has 1 aliphatic heterocycles. The first kappa shape index (κ1) is 27.0. The van der Waals surface area contributed by atoms with Crippen molar-refractivity contribution in [1.29, 1.82) is 0 Å². The maximum atomic E-state index is 6.25. The molecule has 0 saturated carbocycles. The van der Waals surface area contributed by atoms with Crippen molar-refractivity contribution in [3.63, 3.8) is 0 Å². The lowest BCUT2D eigenvalue weighted by atomic mass is 9.88. The molecule has 0 unspecified atom stereocenters. The lowest BCUT2D eigenvalue weighted by Crippen LogP contribution is -1.92. The van der Waals surface area contributed by atoms with Crippen LogP contribution in [0.4, 0.5) is 0 Å². The molecular weight excluding hydrogens is 577 g/mol. The number of rotatable bonds is 4. The smallest absolute Gasteiger partial charge is 0.136 e. The molecular formula is C44H30OS. The number of hydrogen-bond donors (Lipinski definition) is 0. The van der Waals surface area contributed by atoms with Crippen molar-refractivity contribution in [1.82, 2.24) is 0 Å². The second-order valence-corrected chi connectivity index (χ2v) is 13.0. The molecule has 0 aliphatic carbocycles. The highest BCUT2D eigenvalue weighted by Crippen LogP contribution is 2.43. The van der Waals surface area contributed by atoms with E-state index in [-0.39, 0.29) is 0 Å². The highest BCUT2D eigenvalue weighted by molar-refractivity contribution is 7.97. The van der Waals surface area contributed by atoms with Gasteiger partial charge in [0.25, 0.3) is 0 Å². The minimum absolute atomic E-state index is 0.929. The lowest BCUT2D eigenvalue weighted by molar-refractivity contribution is 0.669. The fourth-order valence-corrected chi connectivity index (χ4v) is 7.97. The van der Waals surface area contributed by atoms with Crippen LogP contribution in [0.5, 0.6) is 0 Å². The van der Waals surface area contributed by atoms with Crippen LogP contribution in [0.1, 0.15) is 11.1 Å². The van der Waals surface area contributed by atoms with E-state index in [1.54, 1.807) is 0 Å². The minimum atomic E-state index is 0.929. The third-order valence-electron chi connectivity index (χ3n) is 9.22. The molecule has 0 fully saturated rings. The van der Waals surface area contributed by atoms with Crippen molar-refractivity contribution >= 4 is 33.7 Å². The van der Waals surface area contributed by atoms with Crippen molar-refractivity contribution in [2.45, 2.75) is 11.5 Å². The summed E-state index contributed by atoms with van der Waals surface area (Å²) in [7, 11) is 0. The summed E-state index contributed by atoms with van der Waals surface area (Å²) in [4.78, 5) is 0. The lowest BCUT2D eigenvalue weighted by Gasteiger charge is -2.15. The van der Waals surface area contributed by atoms with E-state index in [0.29, 0.717) is 0 Å². The molecule has 0 N–H and O–H groups in total. The van der Waals surface area contributed by atoms with Gasteiger partial charge in [0.15, 0.2) is 0 Å². The number of benzene rings is 7. The summed E-state index contributed by atoms with van der Waals surface area (Å²) >= 11 is 1.99. The van der Waals surface area contributed by atoms with Crippen LogP contribution in [0.15, 0.2) is 162 Å². The molecule has 0 atom stereocenters. The zero-order valence-electron chi connectivity index (χ0n) is 25.2. The standard InChI is InChI=1S/C44H30OS/c1-3-10-29(11-4-1)35-22-36(30-12-5-2-6-13-30)24-37(23-35)31-18-20-33-27-46-28-34-21-19-32(26-41(34)40(33)25-31)38-15-9-17-43-44(38)39-14-7-8-16-42(39)45-43/h1-26H,27-28H2. The van der Waals surface area contributed by atoms with Crippen molar-refractivity contribution < 1.29 is 4.42 Å². The molecule has 1 nitrogen and oxygen atoms in total. The molecule has 9 rings (SSSR count). The van der Waals surface area contributed by atoms with Gasteiger partial charge in [0.1, 0.15) is 11.2 Å². The highest BCUT2D eigenvalue weighted by atomic mass is 32.2. The summed E-state index contributed by atoms with van der Waals surface area (Å²) in [6.45, 7) is 0. The van der Waals surface area contributed by atoms with Crippen molar-refractivity contribution in [3.8, 4) is 55.6 Å². The summed E-state index contributed by atoms with van der Waals surface area (Å²) in [5.74, 6) is 2.00. The van der Waals surface area contributed by atoms with Gasteiger partial charge in [-0.25, -0.2) is 0 Å². The molecule has 2 heteroatoms. The van der Waals surface area contributed by atoms with E-state index in [0.717, 1.165) is 28.1 Å². The van der Waals surface area contributed by atoms with E-state index in [1.807, 2.05) is 17.8 Å². The normalized spacial score (nSPS) is 12.5.